The van der Waals surface area contributed by atoms with Crippen molar-refractivity contribution in [1.82, 2.24) is 10.6 Å². The number of nitrogens with one attached hydrogen (secondary N) is 2. The molecule has 0 saturated heterocycles. The van der Waals surface area contributed by atoms with Crippen LogP contribution in [0.2, 0.25) is 0 Å². The van der Waals surface area contributed by atoms with Crippen LogP contribution in [0.15, 0.2) is 0 Å². The summed E-state index contributed by atoms with van der Waals surface area (Å²) in [6, 6.07) is 0. The standard InChI is InChI=1S/C15H26N2O/c1-16-14(18)3-2-4-17-15-8-11-5-12(9-15)7-13(6-11)10-15/h11-13,17H,2-10H2,1H3,(H,16,18). The van der Waals surface area contributed by atoms with E-state index in [-0.39, 0.29) is 5.91 Å². The van der Waals surface area contributed by atoms with Gasteiger partial charge in [0.1, 0.15) is 0 Å². The lowest BCUT2D eigenvalue weighted by Crippen LogP contribution is -2.58. The van der Waals surface area contributed by atoms with Crippen molar-refractivity contribution in [2.45, 2.75) is 56.9 Å². The molecule has 4 saturated carbocycles. The van der Waals surface area contributed by atoms with Gasteiger partial charge in [-0.05, 0) is 69.2 Å². The van der Waals surface area contributed by atoms with Crippen LogP contribution in [0.3, 0.4) is 0 Å². The van der Waals surface area contributed by atoms with E-state index in [1.807, 2.05) is 0 Å². The van der Waals surface area contributed by atoms with E-state index in [4.69, 9.17) is 0 Å². The third kappa shape index (κ3) is 2.42. The number of carbonyl (C=O) groups excluding carboxylic acids is 1. The molecule has 4 aliphatic carbocycles. The van der Waals surface area contributed by atoms with E-state index >= 15 is 0 Å². The van der Waals surface area contributed by atoms with Crippen molar-refractivity contribution < 1.29 is 4.79 Å². The monoisotopic (exact) mass is 250 g/mol. The van der Waals surface area contributed by atoms with Crippen LogP contribution in [0, 0.1) is 17.8 Å². The third-order valence-corrected chi connectivity index (χ3v) is 5.40. The Kier molecular flexibility index (Phi) is 3.35. The highest BCUT2D eigenvalue weighted by Gasteiger charge is 2.50. The van der Waals surface area contributed by atoms with Gasteiger partial charge in [0.15, 0.2) is 0 Å². The van der Waals surface area contributed by atoms with Crippen molar-refractivity contribution >= 4 is 5.91 Å². The summed E-state index contributed by atoms with van der Waals surface area (Å²) in [6.07, 6.45) is 10.3. The molecule has 1 amide bonds. The van der Waals surface area contributed by atoms with Crippen LogP contribution in [0.4, 0.5) is 0 Å². The molecule has 18 heavy (non-hydrogen) atoms. The van der Waals surface area contributed by atoms with Crippen molar-refractivity contribution in [2.75, 3.05) is 13.6 Å². The molecule has 2 N–H and O–H groups in total. The molecule has 4 aliphatic rings. The second-order valence-corrected chi connectivity index (χ2v) is 6.90. The van der Waals surface area contributed by atoms with Crippen LogP contribution in [-0.2, 0) is 4.79 Å². The fourth-order valence-corrected chi connectivity index (χ4v) is 5.05. The number of amides is 1. The lowest BCUT2D eigenvalue weighted by atomic mass is 9.53. The Morgan fingerprint density at radius 1 is 1.11 bits per heavy atom. The zero-order valence-electron chi connectivity index (χ0n) is 11.5. The fraction of sp³-hybridized carbons (Fsp3) is 0.933. The smallest absolute Gasteiger partial charge is 0.219 e. The van der Waals surface area contributed by atoms with Crippen LogP contribution >= 0.6 is 0 Å². The van der Waals surface area contributed by atoms with Crippen molar-refractivity contribution in [3.8, 4) is 0 Å². The molecular weight excluding hydrogens is 224 g/mol. The first-order chi connectivity index (χ1) is 8.69. The van der Waals surface area contributed by atoms with Gasteiger partial charge in [-0.3, -0.25) is 4.79 Å². The maximum Gasteiger partial charge on any atom is 0.219 e. The molecular formula is C15H26N2O. The van der Waals surface area contributed by atoms with Crippen molar-refractivity contribution in [2.24, 2.45) is 17.8 Å². The largest absolute Gasteiger partial charge is 0.359 e. The van der Waals surface area contributed by atoms with Gasteiger partial charge in [0.25, 0.3) is 0 Å². The van der Waals surface area contributed by atoms with Gasteiger partial charge in [-0.2, -0.15) is 0 Å². The molecule has 3 heteroatoms. The number of carbonyl (C=O) groups is 1. The third-order valence-electron chi connectivity index (χ3n) is 5.40. The molecule has 0 radical (unpaired) electrons. The molecule has 4 rings (SSSR count). The van der Waals surface area contributed by atoms with E-state index in [9.17, 15) is 4.79 Å². The van der Waals surface area contributed by atoms with E-state index < -0.39 is 0 Å². The highest BCUT2D eigenvalue weighted by atomic mass is 16.1. The molecule has 0 aromatic carbocycles. The molecule has 4 bridgehead atoms. The molecule has 0 spiro atoms. The molecule has 0 aliphatic heterocycles. The highest BCUT2D eigenvalue weighted by Crippen LogP contribution is 2.55. The number of hydrogen-bond donors (Lipinski definition) is 2. The second kappa shape index (κ2) is 4.84. The average Bonchev–Trinajstić information content (AvgIpc) is 2.32. The Balaban J connectivity index is 1.49. The van der Waals surface area contributed by atoms with Crippen molar-refractivity contribution in [3.05, 3.63) is 0 Å². The van der Waals surface area contributed by atoms with E-state index in [2.05, 4.69) is 10.6 Å². The van der Waals surface area contributed by atoms with Crippen molar-refractivity contribution in [3.63, 3.8) is 0 Å². The fourth-order valence-electron chi connectivity index (χ4n) is 5.05. The maximum atomic E-state index is 11.2. The lowest BCUT2D eigenvalue weighted by molar-refractivity contribution is -0.120. The molecule has 0 aromatic heterocycles. The number of rotatable bonds is 5. The van der Waals surface area contributed by atoms with Gasteiger partial charge in [-0.1, -0.05) is 0 Å². The molecule has 102 valence electrons. The minimum atomic E-state index is 0.169. The first kappa shape index (κ1) is 12.5. The SMILES string of the molecule is CNC(=O)CCCNC12CC3CC(CC(C3)C1)C2. The van der Waals surface area contributed by atoms with Gasteiger partial charge in [0.05, 0.1) is 0 Å². The Bertz CT molecular complexity index is 291. The lowest BCUT2D eigenvalue weighted by Gasteiger charge is -2.57. The maximum absolute atomic E-state index is 11.2. The van der Waals surface area contributed by atoms with Gasteiger partial charge in [-0.25, -0.2) is 0 Å². The molecule has 3 nitrogen and oxygen atoms in total. The normalized spacial score (nSPS) is 41.1. The average molecular weight is 250 g/mol. The van der Waals surface area contributed by atoms with Crippen LogP contribution in [0.25, 0.3) is 0 Å². The zero-order chi connectivity index (χ0) is 12.6. The summed E-state index contributed by atoms with van der Waals surface area (Å²) in [5.74, 6) is 3.18. The van der Waals surface area contributed by atoms with Gasteiger partial charge in [0.2, 0.25) is 5.91 Å². The van der Waals surface area contributed by atoms with Crippen molar-refractivity contribution in [1.29, 1.82) is 0 Å². The summed E-state index contributed by atoms with van der Waals surface area (Å²) in [5.41, 5.74) is 0.456. The van der Waals surface area contributed by atoms with Crippen LogP contribution in [-0.4, -0.2) is 25.0 Å². The van der Waals surface area contributed by atoms with Gasteiger partial charge >= 0.3 is 0 Å². The molecule has 0 atom stereocenters. The summed E-state index contributed by atoms with van der Waals surface area (Å²) in [6.45, 7) is 1.01. The summed E-state index contributed by atoms with van der Waals surface area (Å²) in [4.78, 5) is 11.2. The Labute approximate surface area is 110 Å². The van der Waals surface area contributed by atoms with Crippen LogP contribution in [0.5, 0.6) is 0 Å². The van der Waals surface area contributed by atoms with E-state index in [1.165, 1.54) is 38.5 Å². The van der Waals surface area contributed by atoms with Gasteiger partial charge in [-0.15, -0.1) is 0 Å². The predicted molar refractivity (Wildman–Crippen MR) is 72.2 cm³/mol. The van der Waals surface area contributed by atoms with E-state index in [0.29, 0.717) is 12.0 Å². The Hall–Kier alpha value is -0.570. The Morgan fingerprint density at radius 3 is 2.17 bits per heavy atom. The number of hydrogen-bond acceptors (Lipinski definition) is 2. The van der Waals surface area contributed by atoms with Gasteiger partial charge in [0, 0.05) is 19.0 Å². The highest BCUT2D eigenvalue weighted by molar-refractivity contribution is 5.75. The Morgan fingerprint density at radius 2 is 1.67 bits per heavy atom. The molecule has 4 fully saturated rings. The van der Waals surface area contributed by atoms with E-state index in [1.54, 1.807) is 7.05 Å². The minimum Gasteiger partial charge on any atom is -0.359 e. The predicted octanol–water partition coefficient (Wildman–Crippen LogP) is 2.07. The zero-order valence-corrected chi connectivity index (χ0v) is 11.5. The quantitative estimate of drug-likeness (QED) is 0.733. The summed E-state index contributed by atoms with van der Waals surface area (Å²) >= 11 is 0. The molecule has 0 unspecified atom stereocenters. The van der Waals surface area contributed by atoms with Gasteiger partial charge < -0.3 is 10.6 Å². The minimum absolute atomic E-state index is 0.169. The second-order valence-electron chi connectivity index (χ2n) is 6.90. The first-order valence-corrected chi connectivity index (χ1v) is 7.65. The van der Waals surface area contributed by atoms with Crippen LogP contribution < -0.4 is 10.6 Å². The summed E-state index contributed by atoms with van der Waals surface area (Å²) < 4.78 is 0. The van der Waals surface area contributed by atoms with Crippen LogP contribution in [0.1, 0.15) is 51.4 Å². The topological polar surface area (TPSA) is 41.1 Å². The molecule has 0 aromatic rings. The first-order valence-electron chi connectivity index (χ1n) is 7.65. The summed E-state index contributed by atoms with van der Waals surface area (Å²) in [5, 5.41) is 6.52. The van der Waals surface area contributed by atoms with E-state index in [0.717, 1.165) is 30.7 Å². The summed E-state index contributed by atoms with van der Waals surface area (Å²) in [7, 11) is 1.72. The molecule has 0 heterocycles.